The van der Waals surface area contributed by atoms with Crippen LogP contribution in [-0.4, -0.2) is 11.5 Å². The molecule has 1 nitrogen and oxygen atoms in total. The SMILES string of the molecule is CSc1ccc(Sc2ccccc2C(=O)Cl)cc1. The van der Waals surface area contributed by atoms with Crippen molar-refractivity contribution in [2.75, 3.05) is 6.26 Å². The Balaban J connectivity index is 2.25. The smallest absolute Gasteiger partial charge is 0.253 e. The highest BCUT2D eigenvalue weighted by Gasteiger charge is 2.09. The number of benzene rings is 2. The second-order valence-corrected chi connectivity index (χ2v) is 5.89. The molecule has 18 heavy (non-hydrogen) atoms. The largest absolute Gasteiger partial charge is 0.276 e. The Morgan fingerprint density at radius 2 is 1.61 bits per heavy atom. The third-order valence-electron chi connectivity index (χ3n) is 2.39. The zero-order valence-corrected chi connectivity index (χ0v) is 12.1. The molecule has 0 aromatic heterocycles. The van der Waals surface area contributed by atoms with Crippen molar-refractivity contribution >= 4 is 40.4 Å². The molecule has 0 radical (unpaired) electrons. The average Bonchev–Trinajstić information content (AvgIpc) is 2.40. The lowest BCUT2D eigenvalue weighted by Gasteiger charge is -2.06. The Kier molecular flexibility index (Phi) is 4.75. The summed E-state index contributed by atoms with van der Waals surface area (Å²) in [5, 5.41) is -0.418. The van der Waals surface area contributed by atoms with Crippen LogP contribution in [0.5, 0.6) is 0 Å². The molecule has 0 amide bonds. The Morgan fingerprint density at radius 3 is 2.22 bits per heavy atom. The van der Waals surface area contributed by atoms with Crippen LogP contribution in [0.25, 0.3) is 0 Å². The minimum absolute atomic E-state index is 0.418. The Morgan fingerprint density at radius 1 is 1.00 bits per heavy atom. The molecule has 2 rings (SSSR count). The molecule has 0 spiro atoms. The molecule has 0 saturated heterocycles. The molecule has 0 saturated carbocycles. The molecule has 0 aliphatic carbocycles. The summed E-state index contributed by atoms with van der Waals surface area (Å²) in [6, 6.07) is 15.6. The first-order valence-electron chi connectivity index (χ1n) is 5.31. The van der Waals surface area contributed by atoms with Crippen molar-refractivity contribution in [3.63, 3.8) is 0 Å². The summed E-state index contributed by atoms with van der Waals surface area (Å²) >= 11 is 8.82. The maximum Gasteiger partial charge on any atom is 0.253 e. The maximum atomic E-state index is 11.3. The molecule has 0 aliphatic rings. The van der Waals surface area contributed by atoms with Crippen molar-refractivity contribution in [1.82, 2.24) is 0 Å². The van der Waals surface area contributed by atoms with Crippen LogP contribution in [0.3, 0.4) is 0 Å². The third-order valence-corrected chi connectivity index (χ3v) is 4.42. The third kappa shape index (κ3) is 3.31. The Bertz CT molecular complexity index is 552. The standard InChI is InChI=1S/C14H11ClOS2/c1-17-10-6-8-11(9-7-10)18-13-5-3-2-4-12(13)14(15)16/h2-9H,1H3. The zero-order valence-electron chi connectivity index (χ0n) is 9.72. The number of carbonyl (C=O) groups excluding carboxylic acids is 1. The highest BCUT2D eigenvalue weighted by atomic mass is 35.5. The van der Waals surface area contributed by atoms with Gasteiger partial charge >= 0.3 is 0 Å². The summed E-state index contributed by atoms with van der Waals surface area (Å²) in [6.45, 7) is 0. The molecule has 0 unspecified atom stereocenters. The Hall–Kier alpha value is -0.900. The van der Waals surface area contributed by atoms with E-state index >= 15 is 0 Å². The van der Waals surface area contributed by atoms with Gasteiger partial charge in [0.15, 0.2) is 0 Å². The molecule has 0 N–H and O–H groups in total. The van der Waals surface area contributed by atoms with E-state index in [4.69, 9.17) is 11.6 Å². The molecular formula is C14H11ClOS2. The minimum atomic E-state index is -0.418. The summed E-state index contributed by atoms with van der Waals surface area (Å²) in [5.41, 5.74) is 0.554. The van der Waals surface area contributed by atoms with Gasteiger partial charge in [-0.3, -0.25) is 4.79 Å². The maximum absolute atomic E-state index is 11.3. The van der Waals surface area contributed by atoms with Crippen LogP contribution in [0.4, 0.5) is 0 Å². The van der Waals surface area contributed by atoms with Gasteiger partial charge in [0.25, 0.3) is 5.24 Å². The van der Waals surface area contributed by atoms with Crippen molar-refractivity contribution in [2.24, 2.45) is 0 Å². The van der Waals surface area contributed by atoms with E-state index in [0.717, 1.165) is 9.79 Å². The highest BCUT2D eigenvalue weighted by Crippen LogP contribution is 2.32. The molecule has 0 fully saturated rings. The summed E-state index contributed by atoms with van der Waals surface area (Å²) in [5.74, 6) is 0. The first-order chi connectivity index (χ1) is 8.70. The van der Waals surface area contributed by atoms with E-state index < -0.39 is 5.24 Å². The average molecular weight is 295 g/mol. The fourth-order valence-electron chi connectivity index (χ4n) is 1.49. The molecule has 4 heteroatoms. The first kappa shape index (κ1) is 13.5. The number of halogens is 1. The van der Waals surface area contributed by atoms with E-state index in [0.29, 0.717) is 5.56 Å². The number of hydrogen-bond acceptors (Lipinski definition) is 3. The van der Waals surface area contributed by atoms with Crippen molar-refractivity contribution < 1.29 is 4.79 Å². The van der Waals surface area contributed by atoms with Crippen LogP contribution >= 0.6 is 35.1 Å². The van der Waals surface area contributed by atoms with E-state index in [1.165, 1.54) is 4.90 Å². The van der Waals surface area contributed by atoms with Crippen molar-refractivity contribution in [1.29, 1.82) is 0 Å². The van der Waals surface area contributed by atoms with Crippen LogP contribution in [0.1, 0.15) is 10.4 Å². The lowest BCUT2D eigenvalue weighted by Crippen LogP contribution is -1.91. The topological polar surface area (TPSA) is 17.1 Å². The number of carbonyl (C=O) groups is 1. The van der Waals surface area contributed by atoms with Gasteiger partial charge in [0, 0.05) is 20.2 Å². The van der Waals surface area contributed by atoms with E-state index in [2.05, 4.69) is 12.1 Å². The van der Waals surface area contributed by atoms with Crippen LogP contribution in [0, 0.1) is 0 Å². The molecule has 0 atom stereocenters. The fraction of sp³-hybridized carbons (Fsp3) is 0.0714. The Labute approximate surface area is 120 Å². The van der Waals surface area contributed by atoms with Crippen LogP contribution < -0.4 is 0 Å². The van der Waals surface area contributed by atoms with E-state index in [1.807, 2.05) is 36.6 Å². The fourth-order valence-corrected chi connectivity index (χ4v) is 3.06. The van der Waals surface area contributed by atoms with Crippen molar-refractivity contribution in [3.05, 3.63) is 54.1 Å². The van der Waals surface area contributed by atoms with E-state index in [9.17, 15) is 4.79 Å². The van der Waals surface area contributed by atoms with Gasteiger partial charge in [-0.15, -0.1) is 11.8 Å². The van der Waals surface area contributed by atoms with Gasteiger partial charge in [0.05, 0.1) is 0 Å². The second-order valence-electron chi connectivity index (χ2n) is 3.55. The molecule has 0 heterocycles. The quantitative estimate of drug-likeness (QED) is 0.587. The lowest BCUT2D eigenvalue weighted by atomic mass is 10.2. The highest BCUT2D eigenvalue weighted by molar-refractivity contribution is 7.99. The normalized spacial score (nSPS) is 10.3. The lowest BCUT2D eigenvalue weighted by molar-refractivity contribution is 0.107. The monoisotopic (exact) mass is 294 g/mol. The first-order valence-corrected chi connectivity index (χ1v) is 7.73. The van der Waals surface area contributed by atoms with Crippen LogP contribution in [0.2, 0.25) is 0 Å². The summed E-state index contributed by atoms with van der Waals surface area (Å²) in [4.78, 5) is 14.5. The predicted molar refractivity (Wildman–Crippen MR) is 79.0 cm³/mol. The molecule has 2 aromatic rings. The molecule has 92 valence electrons. The number of rotatable bonds is 4. The second kappa shape index (κ2) is 6.32. The molecule has 0 aliphatic heterocycles. The van der Waals surface area contributed by atoms with Crippen LogP contribution in [0.15, 0.2) is 63.2 Å². The summed E-state index contributed by atoms with van der Waals surface area (Å²) in [6.07, 6.45) is 2.05. The van der Waals surface area contributed by atoms with E-state index in [1.54, 1.807) is 29.6 Å². The van der Waals surface area contributed by atoms with E-state index in [-0.39, 0.29) is 0 Å². The molecule has 0 bridgehead atoms. The van der Waals surface area contributed by atoms with Gasteiger partial charge in [0.2, 0.25) is 0 Å². The van der Waals surface area contributed by atoms with Gasteiger partial charge in [-0.1, -0.05) is 23.9 Å². The molecular weight excluding hydrogens is 284 g/mol. The predicted octanol–water partition coefficient (Wildman–Crippen LogP) is 4.94. The van der Waals surface area contributed by atoms with Gasteiger partial charge in [-0.2, -0.15) is 0 Å². The van der Waals surface area contributed by atoms with Gasteiger partial charge < -0.3 is 0 Å². The van der Waals surface area contributed by atoms with Crippen molar-refractivity contribution in [2.45, 2.75) is 14.7 Å². The number of hydrogen-bond donors (Lipinski definition) is 0. The zero-order chi connectivity index (χ0) is 13.0. The minimum Gasteiger partial charge on any atom is -0.276 e. The number of thioether (sulfide) groups is 1. The summed E-state index contributed by atoms with van der Waals surface area (Å²) < 4.78 is 0. The van der Waals surface area contributed by atoms with Crippen LogP contribution in [-0.2, 0) is 0 Å². The van der Waals surface area contributed by atoms with Gasteiger partial charge in [-0.25, -0.2) is 0 Å². The van der Waals surface area contributed by atoms with Gasteiger partial charge in [-0.05, 0) is 54.3 Å². The van der Waals surface area contributed by atoms with Gasteiger partial charge in [0.1, 0.15) is 0 Å². The van der Waals surface area contributed by atoms with Crippen molar-refractivity contribution in [3.8, 4) is 0 Å². The summed E-state index contributed by atoms with van der Waals surface area (Å²) in [7, 11) is 0. The molecule has 2 aromatic carbocycles.